The molecule has 0 saturated heterocycles. The van der Waals surface area contributed by atoms with Crippen LogP contribution in [0.1, 0.15) is 51.4 Å². The molecule has 0 atom stereocenters. The van der Waals surface area contributed by atoms with E-state index in [1.165, 1.54) is 5.56 Å². The van der Waals surface area contributed by atoms with E-state index in [2.05, 4.69) is 58.1 Å². The van der Waals surface area contributed by atoms with Crippen LogP contribution in [0.5, 0.6) is 0 Å². The minimum atomic E-state index is 0.235. The van der Waals surface area contributed by atoms with Gasteiger partial charge in [0.1, 0.15) is 0 Å². The van der Waals surface area contributed by atoms with Gasteiger partial charge in [0.15, 0.2) is 0 Å². The molecule has 3 rings (SSSR count). The maximum absolute atomic E-state index is 5.60. The third-order valence-corrected chi connectivity index (χ3v) is 4.09. The van der Waals surface area contributed by atoms with Crippen LogP contribution in [0.3, 0.4) is 0 Å². The number of hydrogen-bond acceptors (Lipinski definition) is 3. The Morgan fingerprint density at radius 3 is 2.15 bits per heavy atom. The van der Waals surface area contributed by atoms with Crippen molar-refractivity contribution in [1.82, 2.24) is 9.97 Å². The number of para-hydroxylation sites is 2. The second-order valence-electron chi connectivity index (χ2n) is 6.02. The fraction of sp³-hybridized carbons (Fsp3) is 0.348. The van der Waals surface area contributed by atoms with E-state index in [1.54, 1.807) is 6.20 Å². The first-order valence-corrected chi connectivity index (χ1v) is 10.2. The van der Waals surface area contributed by atoms with Gasteiger partial charge in [-0.3, -0.25) is 4.98 Å². The van der Waals surface area contributed by atoms with Crippen molar-refractivity contribution < 1.29 is 21.7 Å². The van der Waals surface area contributed by atoms with E-state index in [0.29, 0.717) is 0 Å². The van der Waals surface area contributed by atoms with Crippen LogP contribution in [0.25, 0.3) is 11.0 Å². The molecule has 1 aromatic heterocycles. The average molecular weight is 401 g/mol. The summed E-state index contributed by atoms with van der Waals surface area (Å²) >= 11 is 2.49. The van der Waals surface area contributed by atoms with Crippen LogP contribution >= 0.6 is 0 Å². The van der Waals surface area contributed by atoms with Crippen LogP contribution in [0, 0.1) is 6.92 Å². The van der Waals surface area contributed by atoms with Crippen molar-refractivity contribution in [2.75, 3.05) is 0 Å². The second-order valence-corrected chi connectivity index (χ2v) is 6.66. The summed E-state index contributed by atoms with van der Waals surface area (Å²) in [5, 5.41) is 0. The van der Waals surface area contributed by atoms with Crippen molar-refractivity contribution in [1.29, 1.82) is 0 Å². The van der Waals surface area contributed by atoms with Gasteiger partial charge in [-0.1, -0.05) is 26.0 Å². The van der Waals surface area contributed by atoms with E-state index in [1.807, 2.05) is 58.9 Å². The molecule has 0 amide bonds. The summed E-state index contributed by atoms with van der Waals surface area (Å²) in [5.41, 5.74) is 5.39. The summed E-state index contributed by atoms with van der Waals surface area (Å²) in [6, 6.07) is 16.4. The van der Waals surface area contributed by atoms with Crippen LogP contribution in [-0.4, -0.2) is 20.5 Å². The molecule has 0 aliphatic carbocycles. The number of rotatable bonds is 4. The number of nitrogens with zero attached hydrogens (tertiary/aromatic N) is 2. The van der Waals surface area contributed by atoms with Gasteiger partial charge in [0.05, 0.1) is 16.7 Å². The minimum Gasteiger partial charge on any atom is -0.253 e. The monoisotopic (exact) mass is 401 g/mol. The number of hydrogen-bond donors (Lipinski definition) is 0. The third-order valence-electron chi connectivity index (χ3n) is 3.53. The maximum Gasteiger partial charge on any atom is 0.0889 e. The average Bonchev–Trinajstić information content (AvgIpc) is 2.69. The molecule has 1 heterocycles. The summed E-state index contributed by atoms with van der Waals surface area (Å²) in [4.78, 5) is 8.53. The molecule has 2 aromatic carbocycles. The van der Waals surface area contributed by atoms with E-state index >= 15 is 0 Å². The van der Waals surface area contributed by atoms with Gasteiger partial charge in [0.25, 0.3) is 0 Å². The summed E-state index contributed by atoms with van der Waals surface area (Å²) in [6.45, 7) is 12.2. The summed E-state index contributed by atoms with van der Waals surface area (Å²) < 4.78 is 6.54. The smallest absolute Gasteiger partial charge is 0.0889 e. The zero-order valence-electron chi connectivity index (χ0n) is 17.2. The number of benzene rings is 2. The van der Waals surface area contributed by atoms with Gasteiger partial charge in [-0.15, -0.1) is 0 Å². The van der Waals surface area contributed by atoms with Crippen molar-refractivity contribution >= 4 is 15.4 Å². The molecule has 0 bridgehead atoms. The van der Waals surface area contributed by atoms with Gasteiger partial charge in [-0.25, -0.2) is 4.98 Å². The first-order valence-electron chi connectivity index (χ1n) is 9.50. The fourth-order valence-corrected chi connectivity index (χ4v) is 2.79. The van der Waals surface area contributed by atoms with E-state index in [0.717, 1.165) is 33.1 Å². The van der Waals surface area contributed by atoms with Gasteiger partial charge in [-0.05, 0) is 19.1 Å². The van der Waals surface area contributed by atoms with Gasteiger partial charge in [0.2, 0.25) is 0 Å². The normalized spacial score (nSPS) is 9.85. The molecule has 0 fully saturated rings. The molecule has 0 aliphatic heterocycles. The molecule has 0 saturated carbocycles. The Bertz CT molecular complexity index is 829. The molecule has 0 N–H and O–H groups in total. The molecule has 27 heavy (non-hydrogen) atoms. The Kier molecular flexibility index (Phi) is 10.8. The first kappa shape index (κ1) is 23.2. The Hall–Kier alpha value is -1.81. The topological polar surface area (TPSA) is 35.0 Å². The predicted molar refractivity (Wildman–Crippen MR) is 112 cm³/mol. The molecule has 3 aromatic rings. The summed E-state index contributed by atoms with van der Waals surface area (Å²) in [7, 11) is 0. The number of aryl methyl sites for hydroxylation is 2. The standard InChI is InChI=1S/C12H16O.C9H8N2.C2H6.V/c1-4-11-5-7-12(8-6-11)9-13-10(2)3;1-7-6-10-8-4-2-3-5-9(8)11-7;1-2;/h5-8,10H,4H2,1-3H3;2-6H,1H3;1-2H3;. The van der Waals surface area contributed by atoms with Crippen LogP contribution in [-0.2, 0) is 28.1 Å². The molecular weight excluding hydrogens is 371 g/mol. The molecule has 0 aliphatic rings. The Morgan fingerprint density at radius 1 is 1.00 bits per heavy atom. The van der Waals surface area contributed by atoms with Crippen molar-refractivity contribution in [3.8, 4) is 0 Å². The number of fused-ring (bicyclic) bond motifs is 1. The van der Waals surface area contributed by atoms with Crippen molar-refractivity contribution in [3.63, 3.8) is 0 Å². The Balaban J connectivity index is 0.000000252. The van der Waals surface area contributed by atoms with Crippen molar-refractivity contribution in [2.24, 2.45) is 0 Å². The summed E-state index contributed by atoms with van der Waals surface area (Å²) in [6.07, 6.45) is 3.10. The van der Waals surface area contributed by atoms with Crippen LogP contribution in [0.15, 0.2) is 54.7 Å². The molecule has 0 spiro atoms. The number of ether oxygens (including phenoxy) is 1. The van der Waals surface area contributed by atoms with E-state index in [4.69, 9.17) is 4.74 Å². The second kappa shape index (κ2) is 12.6. The number of aromatic nitrogens is 2. The van der Waals surface area contributed by atoms with Gasteiger partial charge < -0.3 is 0 Å². The van der Waals surface area contributed by atoms with Crippen LogP contribution in [0.2, 0.25) is 0 Å². The Labute approximate surface area is 172 Å². The quantitative estimate of drug-likeness (QED) is 0.566. The fourth-order valence-electron chi connectivity index (χ4n) is 2.22. The minimum absolute atomic E-state index is 0.235. The Morgan fingerprint density at radius 2 is 1.59 bits per heavy atom. The molecule has 3 nitrogen and oxygen atoms in total. The van der Waals surface area contributed by atoms with E-state index in [9.17, 15) is 0 Å². The largest absolute Gasteiger partial charge is 0.253 e. The molecule has 143 valence electrons. The zero-order chi connectivity index (χ0) is 20.2. The van der Waals surface area contributed by atoms with Gasteiger partial charge >= 0.3 is 94.8 Å². The van der Waals surface area contributed by atoms with Gasteiger partial charge in [0, 0.05) is 6.20 Å². The predicted octanol–water partition coefficient (Wildman–Crippen LogP) is 5.66. The van der Waals surface area contributed by atoms with Crippen LogP contribution < -0.4 is 0 Å². The molecule has 0 radical (unpaired) electrons. The SMILES string of the molecule is CC.CCc1ccc([C](=[V])OC(C)C)cc1.Cc1cnc2ccccc2n1. The van der Waals surface area contributed by atoms with Crippen molar-refractivity contribution in [2.45, 2.75) is 54.1 Å². The van der Waals surface area contributed by atoms with E-state index in [-0.39, 0.29) is 6.10 Å². The van der Waals surface area contributed by atoms with E-state index < -0.39 is 0 Å². The maximum atomic E-state index is 5.60. The van der Waals surface area contributed by atoms with Gasteiger partial charge in [-0.2, -0.15) is 0 Å². The summed E-state index contributed by atoms with van der Waals surface area (Å²) in [5.74, 6) is 0. The first-order chi connectivity index (χ1) is 13.0. The molecule has 4 heteroatoms. The molecular formula is C23H30N2OV. The van der Waals surface area contributed by atoms with Crippen LogP contribution in [0.4, 0.5) is 0 Å². The zero-order valence-corrected chi connectivity index (χ0v) is 18.6. The molecule has 0 unspecified atom stereocenters. The van der Waals surface area contributed by atoms with Crippen molar-refractivity contribution in [3.05, 3.63) is 71.5 Å². The third kappa shape index (κ3) is 8.17.